The molecule has 0 bridgehead atoms. The topological polar surface area (TPSA) is 42.4 Å². The summed E-state index contributed by atoms with van der Waals surface area (Å²) in [5, 5.41) is 1.04. The van der Waals surface area contributed by atoms with E-state index in [4.69, 9.17) is 4.74 Å². The molecule has 1 aliphatic heterocycles. The molecule has 2 heterocycles. The smallest absolute Gasteiger partial charge is 0.171 e. The number of carbonyl (C=O) groups excluding carboxylic acids is 1. The molecule has 1 saturated heterocycles. The molecule has 5 heteroatoms. The minimum Gasteiger partial charge on any atom is -0.378 e. The fourth-order valence-electron chi connectivity index (χ4n) is 2.46. The number of hydrogen-bond acceptors (Lipinski definition) is 5. The summed E-state index contributed by atoms with van der Waals surface area (Å²) >= 11 is 1.53. The molecule has 0 spiro atoms. The molecule has 0 atom stereocenters. The first-order valence-corrected chi connectivity index (χ1v) is 7.73. The van der Waals surface area contributed by atoms with E-state index in [1.165, 1.54) is 37.0 Å². The van der Waals surface area contributed by atoms with E-state index in [2.05, 4.69) is 9.88 Å². The van der Waals surface area contributed by atoms with Crippen LogP contribution in [-0.4, -0.2) is 35.9 Å². The first-order chi connectivity index (χ1) is 9.20. The van der Waals surface area contributed by atoms with Crippen molar-refractivity contribution in [2.75, 3.05) is 20.2 Å². The van der Waals surface area contributed by atoms with Crippen LogP contribution in [0, 0.1) is 0 Å². The van der Waals surface area contributed by atoms with E-state index in [0.717, 1.165) is 35.2 Å². The highest BCUT2D eigenvalue weighted by Crippen LogP contribution is 2.22. The molecule has 4 nitrogen and oxygen atoms in total. The molecule has 1 aromatic heterocycles. The van der Waals surface area contributed by atoms with E-state index in [1.54, 1.807) is 14.0 Å². The van der Waals surface area contributed by atoms with Gasteiger partial charge in [0.2, 0.25) is 0 Å². The zero-order valence-corrected chi connectivity index (χ0v) is 12.6. The number of thiazole rings is 1. The lowest BCUT2D eigenvalue weighted by molar-refractivity contribution is 0.101. The normalized spacial score (nSPS) is 17.4. The number of likely N-dealkylation sites (tertiary alicyclic amines) is 1. The third-order valence-corrected chi connectivity index (χ3v) is 4.58. The van der Waals surface area contributed by atoms with Crippen LogP contribution in [-0.2, 0) is 17.9 Å². The van der Waals surface area contributed by atoms with Crippen LogP contribution >= 0.6 is 11.3 Å². The van der Waals surface area contributed by atoms with Gasteiger partial charge in [-0.05, 0) is 25.9 Å². The van der Waals surface area contributed by atoms with Gasteiger partial charge >= 0.3 is 0 Å². The Labute approximate surface area is 118 Å². The number of nitrogens with zero attached hydrogens (tertiary/aromatic N) is 2. The molecule has 19 heavy (non-hydrogen) atoms. The van der Waals surface area contributed by atoms with E-state index in [-0.39, 0.29) is 5.78 Å². The number of ketones is 1. The molecule has 0 unspecified atom stereocenters. The number of hydrogen-bond donors (Lipinski definition) is 0. The second-order valence-corrected chi connectivity index (χ2v) is 6.15. The molecular formula is C14H22N2O2S. The van der Waals surface area contributed by atoms with Crippen LogP contribution in [0.3, 0.4) is 0 Å². The highest BCUT2D eigenvalue weighted by atomic mass is 32.1. The van der Waals surface area contributed by atoms with Crippen LogP contribution < -0.4 is 0 Å². The van der Waals surface area contributed by atoms with Gasteiger partial charge in [0.05, 0.1) is 23.7 Å². The largest absolute Gasteiger partial charge is 0.378 e. The van der Waals surface area contributed by atoms with E-state index in [1.807, 2.05) is 0 Å². The molecule has 0 amide bonds. The predicted molar refractivity (Wildman–Crippen MR) is 76.6 cm³/mol. The van der Waals surface area contributed by atoms with Crippen LogP contribution in [0.15, 0.2) is 0 Å². The van der Waals surface area contributed by atoms with Crippen molar-refractivity contribution in [1.82, 2.24) is 9.88 Å². The maximum absolute atomic E-state index is 11.6. The Morgan fingerprint density at radius 2 is 2.00 bits per heavy atom. The van der Waals surface area contributed by atoms with Crippen molar-refractivity contribution < 1.29 is 9.53 Å². The molecule has 0 saturated carbocycles. The Morgan fingerprint density at radius 3 is 2.58 bits per heavy atom. The van der Waals surface area contributed by atoms with E-state index >= 15 is 0 Å². The van der Waals surface area contributed by atoms with Crippen molar-refractivity contribution in [2.24, 2.45) is 0 Å². The Bertz CT molecular complexity index is 423. The molecule has 0 aromatic carbocycles. The monoisotopic (exact) mass is 282 g/mol. The minimum absolute atomic E-state index is 0.0895. The molecule has 0 aliphatic carbocycles. The molecule has 1 aromatic rings. The standard InChI is InChI=1S/C14H22N2O2S/c1-11(17)14-12(10-18-2)15-13(19-14)9-16-7-5-3-4-6-8-16/h3-10H2,1-2H3. The lowest BCUT2D eigenvalue weighted by atomic mass is 10.2. The van der Waals surface area contributed by atoms with Gasteiger partial charge in [-0.1, -0.05) is 12.8 Å². The van der Waals surface area contributed by atoms with E-state index < -0.39 is 0 Å². The van der Waals surface area contributed by atoms with Gasteiger partial charge in [0, 0.05) is 14.0 Å². The van der Waals surface area contributed by atoms with Crippen molar-refractivity contribution in [3.05, 3.63) is 15.6 Å². The Morgan fingerprint density at radius 1 is 1.32 bits per heavy atom. The maximum Gasteiger partial charge on any atom is 0.171 e. The second-order valence-electron chi connectivity index (χ2n) is 5.06. The average Bonchev–Trinajstić information content (AvgIpc) is 2.59. The lowest BCUT2D eigenvalue weighted by Crippen LogP contribution is -2.23. The molecule has 1 fully saturated rings. The number of aromatic nitrogens is 1. The van der Waals surface area contributed by atoms with Crippen LogP contribution in [0.5, 0.6) is 0 Å². The van der Waals surface area contributed by atoms with Crippen molar-refractivity contribution in [1.29, 1.82) is 0 Å². The number of Topliss-reactive ketones (excluding diaryl/α,β-unsaturated/α-hetero) is 1. The third-order valence-electron chi connectivity index (χ3n) is 3.40. The summed E-state index contributed by atoms with van der Waals surface area (Å²) in [7, 11) is 1.64. The van der Waals surface area contributed by atoms with Crippen LogP contribution in [0.2, 0.25) is 0 Å². The van der Waals surface area contributed by atoms with Crippen molar-refractivity contribution in [3.63, 3.8) is 0 Å². The quantitative estimate of drug-likeness (QED) is 0.779. The van der Waals surface area contributed by atoms with Crippen LogP contribution in [0.1, 0.15) is 53.0 Å². The average molecular weight is 282 g/mol. The summed E-state index contributed by atoms with van der Waals surface area (Å²) in [6.45, 7) is 5.19. The Balaban J connectivity index is 2.06. The second kappa shape index (κ2) is 7.12. The van der Waals surface area contributed by atoms with Crippen molar-refractivity contribution >= 4 is 17.1 Å². The van der Waals surface area contributed by atoms with Gasteiger partial charge in [-0.3, -0.25) is 9.69 Å². The van der Waals surface area contributed by atoms with Gasteiger partial charge < -0.3 is 4.74 Å². The highest BCUT2D eigenvalue weighted by Gasteiger charge is 2.17. The zero-order chi connectivity index (χ0) is 13.7. The van der Waals surface area contributed by atoms with Gasteiger partial charge in [-0.2, -0.15) is 0 Å². The van der Waals surface area contributed by atoms with Crippen LogP contribution in [0.4, 0.5) is 0 Å². The van der Waals surface area contributed by atoms with E-state index in [9.17, 15) is 4.79 Å². The third kappa shape index (κ3) is 4.09. The molecule has 0 radical (unpaired) electrons. The first kappa shape index (κ1) is 14.6. The summed E-state index contributed by atoms with van der Waals surface area (Å²) in [4.78, 5) is 19.4. The van der Waals surface area contributed by atoms with Gasteiger partial charge in [-0.25, -0.2) is 4.98 Å². The molecular weight excluding hydrogens is 260 g/mol. The lowest BCUT2D eigenvalue weighted by Gasteiger charge is -2.17. The summed E-state index contributed by atoms with van der Waals surface area (Å²) in [6, 6.07) is 0. The Hall–Kier alpha value is -0.780. The summed E-state index contributed by atoms with van der Waals surface area (Å²) in [6.07, 6.45) is 5.22. The van der Waals surface area contributed by atoms with Crippen LogP contribution in [0.25, 0.3) is 0 Å². The summed E-state index contributed by atoms with van der Waals surface area (Å²) < 4.78 is 5.12. The van der Waals surface area contributed by atoms with Gasteiger partial charge in [-0.15, -0.1) is 11.3 Å². The highest BCUT2D eigenvalue weighted by molar-refractivity contribution is 7.13. The first-order valence-electron chi connectivity index (χ1n) is 6.91. The van der Waals surface area contributed by atoms with Gasteiger partial charge in [0.1, 0.15) is 5.01 Å². The number of methoxy groups -OCH3 is 1. The fraction of sp³-hybridized carbons (Fsp3) is 0.714. The fourth-order valence-corrected chi connectivity index (χ4v) is 3.47. The summed E-state index contributed by atoms with van der Waals surface area (Å²) in [5.74, 6) is 0.0895. The predicted octanol–water partition coefficient (Wildman–Crippen LogP) is 2.87. The maximum atomic E-state index is 11.6. The number of ether oxygens (including phenoxy) is 1. The summed E-state index contributed by atoms with van der Waals surface area (Å²) in [5.41, 5.74) is 0.796. The van der Waals surface area contributed by atoms with Crippen molar-refractivity contribution in [3.8, 4) is 0 Å². The minimum atomic E-state index is 0.0895. The van der Waals surface area contributed by atoms with Gasteiger partial charge in [0.15, 0.2) is 5.78 Å². The SMILES string of the molecule is COCc1nc(CN2CCCCCC2)sc1C(C)=O. The zero-order valence-electron chi connectivity index (χ0n) is 11.8. The molecule has 1 aliphatic rings. The molecule has 106 valence electrons. The number of rotatable bonds is 5. The van der Waals surface area contributed by atoms with E-state index in [0.29, 0.717) is 6.61 Å². The molecule has 0 N–H and O–H groups in total. The van der Waals surface area contributed by atoms with Gasteiger partial charge in [0.25, 0.3) is 0 Å². The number of carbonyl (C=O) groups is 1. The molecule has 2 rings (SSSR count). The Kier molecular flexibility index (Phi) is 5.48. The van der Waals surface area contributed by atoms with Crippen molar-refractivity contribution in [2.45, 2.75) is 45.8 Å².